The molecule has 1 unspecified atom stereocenters. The molecule has 0 spiro atoms. The predicted molar refractivity (Wildman–Crippen MR) is 96.8 cm³/mol. The number of sulfonamides is 1. The summed E-state index contributed by atoms with van der Waals surface area (Å²) in [6, 6.07) is 7.83. The number of anilines is 1. The highest BCUT2D eigenvalue weighted by Crippen LogP contribution is 2.35. The van der Waals surface area contributed by atoms with E-state index in [0.29, 0.717) is 5.56 Å². The van der Waals surface area contributed by atoms with Gasteiger partial charge >= 0.3 is 6.18 Å². The maximum Gasteiger partial charge on any atom is 0.416 e. The second-order valence-corrected chi connectivity index (χ2v) is 7.94. The Bertz CT molecular complexity index is 1030. The van der Waals surface area contributed by atoms with Crippen LogP contribution in [-0.2, 0) is 20.9 Å². The molecule has 2 aromatic rings. The largest absolute Gasteiger partial charge is 0.416 e. The fourth-order valence-electron chi connectivity index (χ4n) is 3.05. The molecule has 1 aliphatic rings. The first kappa shape index (κ1) is 21.0. The van der Waals surface area contributed by atoms with Crippen molar-refractivity contribution < 1.29 is 31.2 Å². The number of alkyl halides is 3. The Kier molecular flexibility index (Phi) is 5.52. The second kappa shape index (κ2) is 7.61. The van der Waals surface area contributed by atoms with Gasteiger partial charge in [-0.25, -0.2) is 13.6 Å². The van der Waals surface area contributed by atoms with Gasteiger partial charge in [-0.3, -0.25) is 10.1 Å². The summed E-state index contributed by atoms with van der Waals surface area (Å²) in [6.07, 6.45) is -5.06. The Morgan fingerprint density at radius 1 is 1.17 bits per heavy atom. The summed E-state index contributed by atoms with van der Waals surface area (Å²) in [4.78, 5) is 11.9. The lowest BCUT2D eigenvalue weighted by Gasteiger charge is -2.34. The molecule has 0 saturated carbocycles. The van der Waals surface area contributed by atoms with Crippen molar-refractivity contribution >= 4 is 21.4 Å². The summed E-state index contributed by atoms with van der Waals surface area (Å²) in [5.74, 6) is 0. The topological polar surface area (TPSA) is 116 Å². The molecule has 2 N–H and O–H groups in total. The summed E-state index contributed by atoms with van der Waals surface area (Å²) in [6.45, 7) is 0.605. The molecular weight excluding hydrogens is 415 g/mol. The van der Waals surface area contributed by atoms with E-state index in [9.17, 15) is 31.7 Å². The lowest BCUT2D eigenvalue weighted by Crippen LogP contribution is -2.38. The number of halogens is 3. The molecule has 0 amide bonds. The quantitative estimate of drug-likeness (QED) is 0.588. The summed E-state index contributed by atoms with van der Waals surface area (Å²) in [5.41, 5.74) is -0.568. The highest BCUT2D eigenvalue weighted by Gasteiger charge is 2.32. The van der Waals surface area contributed by atoms with Gasteiger partial charge in [0.1, 0.15) is 11.8 Å². The van der Waals surface area contributed by atoms with Crippen molar-refractivity contribution in [2.75, 3.05) is 24.6 Å². The Labute approximate surface area is 163 Å². The van der Waals surface area contributed by atoms with E-state index in [1.54, 1.807) is 4.90 Å². The summed E-state index contributed by atoms with van der Waals surface area (Å²) < 4.78 is 66.7. The number of nitro benzene ring substituents is 1. The molecular formula is C17H16F3N3O5S. The Morgan fingerprint density at radius 3 is 2.38 bits per heavy atom. The fourth-order valence-corrected chi connectivity index (χ4v) is 3.58. The van der Waals surface area contributed by atoms with E-state index < -0.39 is 38.5 Å². The third-order valence-electron chi connectivity index (χ3n) is 4.49. The SMILES string of the molecule is NS(=O)(=O)c1ccc(N2CCOC(c3ccc(C(F)(F)F)cc3)C2)c([N+](=O)[O-])c1. The van der Waals surface area contributed by atoms with Gasteiger partial charge < -0.3 is 9.64 Å². The van der Waals surface area contributed by atoms with Crippen LogP contribution in [0.15, 0.2) is 47.4 Å². The maximum atomic E-state index is 12.7. The van der Waals surface area contributed by atoms with E-state index in [1.165, 1.54) is 24.3 Å². The zero-order valence-electron chi connectivity index (χ0n) is 14.8. The smallest absolute Gasteiger partial charge is 0.370 e. The van der Waals surface area contributed by atoms with Crippen molar-refractivity contribution in [3.05, 3.63) is 63.7 Å². The van der Waals surface area contributed by atoms with E-state index in [-0.39, 0.29) is 30.3 Å². The minimum absolute atomic E-state index is 0.140. The van der Waals surface area contributed by atoms with Crippen LogP contribution < -0.4 is 10.0 Å². The molecule has 1 fully saturated rings. The minimum Gasteiger partial charge on any atom is -0.370 e. The summed E-state index contributed by atoms with van der Waals surface area (Å²) >= 11 is 0. The second-order valence-electron chi connectivity index (χ2n) is 6.38. The highest BCUT2D eigenvalue weighted by atomic mass is 32.2. The van der Waals surface area contributed by atoms with Crippen LogP contribution in [0.4, 0.5) is 24.5 Å². The van der Waals surface area contributed by atoms with E-state index in [2.05, 4.69) is 0 Å². The van der Waals surface area contributed by atoms with Crippen molar-refractivity contribution in [1.29, 1.82) is 0 Å². The molecule has 3 rings (SSSR count). The van der Waals surface area contributed by atoms with Crippen molar-refractivity contribution in [2.24, 2.45) is 5.14 Å². The van der Waals surface area contributed by atoms with E-state index in [1.807, 2.05) is 0 Å². The van der Waals surface area contributed by atoms with Gasteiger partial charge in [0.2, 0.25) is 10.0 Å². The predicted octanol–water partition coefficient (Wildman–Crippen LogP) is 2.84. The molecule has 156 valence electrons. The number of ether oxygens (including phenoxy) is 1. The molecule has 1 saturated heterocycles. The van der Waals surface area contributed by atoms with E-state index in [0.717, 1.165) is 18.2 Å². The number of nitrogens with zero attached hydrogens (tertiary/aromatic N) is 2. The zero-order valence-corrected chi connectivity index (χ0v) is 15.6. The normalized spacial score (nSPS) is 17.9. The third kappa shape index (κ3) is 4.66. The molecule has 1 heterocycles. The number of hydrogen-bond acceptors (Lipinski definition) is 6. The van der Waals surface area contributed by atoms with Gasteiger partial charge in [-0.15, -0.1) is 0 Å². The van der Waals surface area contributed by atoms with Crippen LogP contribution in [0.2, 0.25) is 0 Å². The monoisotopic (exact) mass is 431 g/mol. The Balaban J connectivity index is 1.88. The number of nitrogens with two attached hydrogens (primary N) is 1. The Hall–Kier alpha value is -2.70. The minimum atomic E-state index is -4.45. The third-order valence-corrected chi connectivity index (χ3v) is 5.40. The number of primary sulfonamides is 1. The molecule has 0 aliphatic carbocycles. The van der Waals surface area contributed by atoms with Crippen molar-refractivity contribution in [3.8, 4) is 0 Å². The van der Waals surface area contributed by atoms with Crippen LogP contribution >= 0.6 is 0 Å². The first-order valence-electron chi connectivity index (χ1n) is 8.32. The number of nitro groups is 1. The van der Waals surface area contributed by atoms with Crippen LogP contribution in [0.25, 0.3) is 0 Å². The Morgan fingerprint density at radius 2 is 1.83 bits per heavy atom. The maximum absolute atomic E-state index is 12.7. The summed E-state index contributed by atoms with van der Waals surface area (Å²) in [5, 5.41) is 16.5. The van der Waals surface area contributed by atoms with Gasteiger partial charge in [0.25, 0.3) is 5.69 Å². The van der Waals surface area contributed by atoms with Gasteiger partial charge in [-0.1, -0.05) is 12.1 Å². The number of morpholine rings is 1. The van der Waals surface area contributed by atoms with Crippen LogP contribution in [0.3, 0.4) is 0 Å². The van der Waals surface area contributed by atoms with Crippen molar-refractivity contribution in [2.45, 2.75) is 17.2 Å². The number of rotatable bonds is 4. The van der Waals surface area contributed by atoms with Crippen LogP contribution in [0, 0.1) is 10.1 Å². The standard InChI is InChI=1S/C17H16F3N3O5S/c18-17(19,20)12-3-1-11(2-4-12)16-10-22(7-8-28-16)14-6-5-13(29(21,26)27)9-15(14)23(24)25/h1-6,9,16H,7-8,10H2,(H2,21,26,27). The molecule has 8 nitrogen and oxygen atoms in total. The number of hydrogen-bond donors (Lipinski definition) is 1. The summed E-state index contributed by atoms with van der Waals surface area (Å²) in [7, 11) is -4.12. The van der Waals surface area contributed by atoms with Gasteiger partial charge in [0, 0.05) is 19.2 Å². The van der Waals surface area contributed by atoms with E-state index in [4.69, 9.17) is 9.88 Å². The molecule has 29 heavy (non-hydrogen) atoms. The fraction of sp³-hybridized carbons (Fsp3) is 0.294. The highest BCUT2D eigenvalue weighted by molar-refractivity contribution is 7.89. The lowest BCUT2D eigenvalue weighted by atomic mass is 10.0. The average molecular weight is 431 g/mol. The molecule has 1 atom stereocenters. The molecule has 0 radical (unpaired) electrons. The van der Waals surface area contributed by atoms with Crippen LogP contribution in [-0.4, -0.2) is 33.0 Å². The first-order valence-corrected chi connectivity index (χ1v) is 9.86. The van der Waals surface area contributed by atoms with Crippen molar-refractivity contribution in [3.63, 3.8) is 0 Å². The number of benzene rings is 2. The van der Waals surface area contributed by atoms with Crippen LogP contribution in [0.5, 0.6) is 0 Å². The van der Waals surface area contributed by atoms with Gasteiger partial charge in [0.15, 0.2) is 0 Å². The van der Waals surface area contributed by atoms with Gasteiger partial charge in [-0.2, -0.15) is 13.2 Å². The lowest BCUT2D eigenvalue weighted by molar-refractivity contribution is -0.384. The molecule has 0 bridgehead atoms. The average Bonchev–Trinajstić information content (AvgIpc) is 2.66. The molecule has 12 heteroatoms. The zero-order chi connectivity index (χ0) is 21.4. The van der Waals surface area contributed by atoms with Gasteiger partial charge in [-0.05, 0) is 29.8 Å². The molecule has 1 aliphatic heterocycles. The van der Waals surface area contributed by atoms with Crippen molar-refractivity contribution in [1.82, 2.24) is 0 Å². The van der Waals surface area contributed by atoms with Gasteiger partial charge in [0.05, 0.1) is 22.0 Å². The molecule has 0 aromatic heterocycles. The van der Waals surface area contributed by atoms with E-state index >= 15 is 0 Å². The van der Waals surface area contributed by atoms with Crippen LogP contribution in [0.1, 0.15) is 17.2 Å². The first-order chi connectivity index (χ1) is 13.5. The molecule has 2 aromatic carbocycles.